The van der Waals surface area contributed by atoms with E-state index in [9.17, 15) is 18.0 Å². The van der Waals surface area contributed by atoms with E-state index in [2.05, 4.69) is 10.5 Å². The molecular weight excluding hydrogens is 333 g/mol. The molecule has 1 amide bonds. The molecule has 2 rings (SSSR count). The van der Waals surface area contributed by atoms with E-state index in [1.165, 1.54) is 25.1 Å². The molecule has 4 nitrogen and oxygen atoms in total. The molecule has 0 bridgehead atoms. The number of benzene rings is 2. The standard InChI is InChI=1S/C18H17F3N2O2/c1-13(17(24)22-11-14-7-3-2-4-8-14)25-23-12-15-9-5-6-10-16(15)18(19,20)21/h2-10,12-13H,11H2,1H3,(H,22,24)/b23-12-/t13-/m0/s1. The molecule has 132 valence electrons. The average Bonchev–Trinajstić information content (AvgIpc) is 2.60. The number of hydrogen-bond donors (Lipinski definition) is 1. The van der Waals surface area contributed by atoms with E-state index in [0.717, 1.165) is 17.8 Å². The van der Waals surface area contributed by atoms with E-state index in [0.29, 0.717) is 6.54 Å². The van der Waals surface area contributed by atoms with Gasteiger partial charge in [-0.3, -0.25) is 4.79 Å². The van der Waals surface area contributed by atoms with Crippen molar-refractivity contribution in [2.45, 2.75) is 25.7 Å². The van der Waals surface area contributed by atoms with Gasteiger partial charge in [0.1, 0.15) is 0 Å². The number of carbonyl (C=O) groups is 1. The van der Waals surface area contributed by atoms with Crippen LogP contribution < -0.4 is 5.32 Å². The largest absolute Gasteiger partial charge is 0.417 e. The van der Waals surface area contributed by atoms with Crippen molar-refractivity contribution >= 4 is 12.1 Å². The van der Waals surface area contributed by atoms with Crippen molar-refractivity contribution in [3.05, 3.63) is 71.3 Å². The fourth-order valence-corrected chi connectivity index (χ4v) is 2.02. The maximum absolute atomic E-state index is 12.9. The Labute approximate surface area is 143 Å². The van der Waals surface area contributed by atoms with E-state index in [1.807, 2.05) is 30.3 Å². The lowest BCUT2D eigenvalue weighted by Crippen LogP contribution is -2.33. The summed E-state index contributed by atoms with van der Waals surface area (Å²) in [6.07, 6.45) is -4.47. The number of oxime groups is 1. The van der Waals surface area contributed by atoms with Crippen LogP contribution in [-0.4, -0.2) is 18.2 Å². The van der Waals surface area contributed by atoms with Crippen molar-refractivity contribution < 1.29 is 22.8 Å². The second kappa shape index (κ2) is 8.32. The Morgan fingerprint density at radius 3 is 2.48 bits per heavy atom. The van der Waals surface area contributed by atoms with Crippen molar-refractivity contribution in [2.24, 2.45) is 5.16 Å². The van der Waals surface area contributed by atoms with Crippen LogP contribution in [0.2, 0.25) is 0 Å². The fourth-order valence-electron chi connectivity index (χ4n) is 2.02. The number of carbonyl (C=O) groups excluding carboxylic acids is 1. The van der Waals surface area contributed by atoms with Crippen LogP contribution in [0, 0.1) is 0 Å². The van der Waals surface area contributed by atoms with Gasteiger partial charge in [-0.25, -0.2) is 0 Å². The van der Waals surface area contributed by atoms with Crippen molar-refractivity contribution in [1.82, 2.24) is 5.32 Å². The Morgan fingerprint density at radius 2 is 1.80 bits per heavy atom. The molecule has 0 saturated heterocycles. The molecule has 0 spiro atoms. The lowest BCUT2D eigenvalue weighted by atomic mass is 10.1. The van der Waals surface area contributed by atoms with Crippen LogP contribution in [0.5, 0.6) is 0 Å². The summed E-state index contributed by atoms with van der Waals surface area (Å²) in [5.74, 6) is -0.412. The molecule has 2 aromatic rings. The molecule has 0 radical (unpaired) electrons. The molecule has 0 saturated carbocycles. The Balaban J connectivity index is 1.90. The lowest BCUT2D eigenvalue weighted by molar-refractivity contribution is -0.137. The van der Waals surface area contributed by atoms with E-state index in [4.69, 9.17) is 4.84 Å². The SMILES string of the molecule is C[C@H](O/N=C\c1ccccc1C(F)(F)F)C(=O)NCc1ccccc1. The highest BCUT2D eigenvalue weighted by atomic mass is 19.4. The first-order chi connectivity index (χ1) is 11.9. The van der Waals surface area contributed by atoms with Crippen molar-refractivity contribution in [3.8, 4) is 0 Å². The molecule has 1 N–H and O–H groups in total. The van der Waals surface area contributed by atoms with Gasteiger partial charge in [0, 0.05) is 12.1 Å². The number of nitrogens with one attached hydrogen (secondary N) is 1. The predicted molar refractivity (Wildman–Crippen MR) is 87.9 cm³/mol. The van der Waals surface area contributed by atoms with Crippen LogP contribution >= 0.6 is 0 Å². The first-order valence-electron chi connectivity index (χ1n) is 7.55. The molecule has 0 unspecified atom stereocenters. The summed E-state index contributed by atoms with van der Waals surface area (Å²) in [5, 5.41) is 6.17. The minimum Gasteiger partial charge on any atom is -0.383 e. The number of halogens is 3. The highest BCUT2D eigenvalue weighted by molar-refractivity contribution is 5.82. The fraction of sp³-hybridized carbons (Fsp3) is 0.222. The Bertz CT molecular complexity index is 731. The molecule has 0 heterocycles. The summed E-state index contributed by atoms with van der Waals surface area (Å²) in [6, 6.07) is 14.3. The zero-order valence-corrected chi connectivity index (χ0v) is 13.5. The smallest absolute Gasteiger partial charge is 0.383 e. The molecule has 0 aromatic heterocycles. The van der Waals surface area contributed by atoms with Crippen LogP contribution in [-0.2, 0) is 22.4 Å². The van der Waals surface area contributed by atoms with Crippen LogP contribution in [0.25, 0.3) is 0 Å². The van der Waals surface area contributed by atoms with Gasteiger partial charge in [0.25, 0.3) is 5.91 Å². The molecule has 0 fully saturated rings. The third kappa shape index (κ3) is 5.63. The summed E-state index contributed by atoms with van der Waals surface area (Å²) in [5.41, 5.74) is -0.0268. The van der Waals surface area contributed by atoms with Crippen molar-refractivity contribution in [1.29, 1.82) is 0 Å². The molecule has 25 heavy (non-hydrogen) atoms. The zero-order valence-electron chi connectivity index (χ0n) is 13.5. The van der Waals surface area contributed by atoms with E-state index in [1.54, 1.807) is 0 Å². The van der Waals surface area contributed by atoms with Gasteiger partial charge in [0.2, 0.25) is 6.10 Å². The third-order valence-corrected chi connectivity index (χ3v) is 3.36. The van der Waals surface area contributed by atoms with Gasteiger partial charge in [0.15, 0.2) is 0 Å². The lowest BCUT2D eigenvalue weighted by Gasteiger charge is -2.11. The summed E-state index contributed by atoms with van der Waals surface area (Å²) in [6.45, 7) is 1.79. The zero-order chi connectivity index (χ0) is 18.3. The first kappa shape index (κ1) is 18.5. The number of nitrogens with zero attached hydrogens (tertiary/aromatic N) is 1. The minimum absolute atomic E-state index is 0.133. The average molecular weight is 350 g/mol. The van der Waals surface area contributed by atoms with Gasteiger partial charge in [-0.2, -0.15) is 13.2 Å². The van der Waals surface area contributed by atoms with Crippen LogP contribution in [0.3, 0.4) is 0 Å². The summed E-state index contributed by atoms with van der Waals surface area (Å²) < 4.78 is 38.6. The van der Waals surface area contributed by atoms with Crippen LogP contribution in [0.4, 0.5) is 13.2 Å². The van der Waals surface area contributed by atoms with E-state index < -0.39 is 23.8 Å². The molecule has 0 aliphatic carbocycles. The molecular formula is C18H17F3N2O2. The van der Waals surface area contributed by atoms with Crippen LogP contribution in [0.1, 0.15) is 23.6 Å². The van der Waals surface area contributed by atoms with Gasteiger partial charge in [-0.15, -0.1) is 0 Å². The molecule has 1 atom stereocenters. The molecule has 2 aromatic carbocycles. The van der Waals surface area contributed by atoms with Crippen molar-refractivity contribution in [2.75, 3.05) is 0 Å². The minimum atomic E-state index is -4.48. The quantitative estimate of drug-likeness (QED) is 0.637. The van der Waals surface area contributed by atoms with Gasteiger partial charge < -0.3 is 10.2 Å². The van der Waals surface area contributed by atoms with E-state index in [-0.39, 0.29) is 5.56 Å². The van der Waals surface area contributed by atoms with Crippen LogP contribution in [0.15, 0.2) is 59.8 Å². The Hall–Kier alpha value is -2.83. The van der Waals surface area contributed by atoms with Gasteiger partial charge in [-0.05, 0) is 18.6 Å². The Morgan fingerprint density at radius 1 is 1.16 bits per heavy atom. The van der Waals surface area contributed by atoms with Gasteiger partial charge in [-0.1, -0.05) is 53.7 Å². The normalized spacial score (nSPS) is 12.8. The topological polar surface area (TPSA) is 50.7 Å². The first-order valence-corrected chi connectivity index (χ1v) is 7.55. The molecule has 0 aliphatic rings. The predicted octanol–water partition coefficient (Wildman–Crippen LogP) is 3.76. The number of alkyl halides is 3. The van der Waals surface area contributed by atoms with E-state index >= 15 is 0 Å². The maximum Gasteiger partial charge on any atom is 0.417 e. The highest BCUT2D eigenvalue weighted by Gasteiger charge is 2.32. The molecule has 7 heteroatoms. The van der Waals surface area contributed by atoms with Crippen molar-refractivity contribution in [3.63, 3.8) is 0 Å². The third-order valence-electron chi connectivity index (χ3n) is 3.36. The number of hydrogen-bond acceptors (Lipinski definition) is 3. The van der Waals surface area contributed by atoms with Gasteiger partial charge in [0.05, 0.1) is 11.8 Å². The molecule has 0 aliphatic heterocycles. The number of rotatable bonds is 6. The van der Waals surface area contributed by atoms with Gasteiger partial charge >= 0.3 is 6.18 Å². The number of amides is 1. The second-order valence-electron chi connectivity index (χ2n) is 5.27. The summed E-state index contributed by atoms with van der Waals surface area (Å²) in [4.78, 5) is 16.8. The monoisotopic (exact) mass is 350 g/mol. The second-order valence-corrected chi connectivity index (χ2v) is 5.27. The Kier molecular flexibility index (Phi) is 6.16. The highest BCUT2D eigenvalue weighted by Crippen LogP contribution is 2.31. The maximum atomic E-state index is 12.9. The summed E-state index contributed by atoms with van der Waals surface area (Å²) in [7, 11) is 0. The summed E-state index contributed by atoms with van der Waals surface area (Å²) >= 11 is 0.